The quantitative estimate of drug-likeness (QED) is 0.761. The number of nitrogen functional groups attached to an aromatic ring is 1. The molecule has 1 amide bonds. The van der Waals surface area contributed by atoms with E-state index in [1.54, 1.807) is 10.6 Å². The number of hydrogen-bond donors (Lipinski definition) is 3. The topological polar surface area (TPSA) is 120 Å². The molecule has 2 atom stereocenters. The third-order valence-electron chi connectivity index (χ3n) is 4.00. The monoisotopic (exact) mass is 299 g/mol. The fraction of sp³-hybridized carbons (Fsp3) is 0.267. The van der Waals surface area contributed by atoms with Crippen molar-refractivity contribution in [1.29, 1.82) is 0 Å². The highest BCUT2D eigenvalue weighted by Gasteiger charge is 2.29. The Kier molecular flexibility index (Phi) is 3.22. The Morgan fingerprint density at radius 3 is 2.73 bits per heavy atom. The number of fused-ring (bicyclic) bond motifs is 1. The van der Waals surface area contributed by atoms with Crippen molar-refractivity contribution in [2.45, 2.75) is 20.0 Å². The molecule has 7 heteroatoms. The minimum Gasteiger partial charge on any atom is -0.388 e. The molecule has 2 unspecified atom stereocenters. The van der Waals surface area contributed by atoms with Crippen LogP contribution in [0.1, 0.15) is 24.2 Å². The second-order valence-corrected chi connectivity index (χ2v) is 5.40. The summed E-state index contributed by atoms with van der Waals surface area (Å²) < 4.78 is 1.66. The van der Waals surface area contributed by atoms with Crippen LogP contribution >= 0.6 is 0 Å². The minimum absolute atomic E-state index is 0.152. The number of allylic oxidation sites excluding steroid dienone is 2. The molecule has 0 fully saturated rings. The van der Waals surface area contributed by atoms with E-state index in [1.165, 1.54) is 12.4 Å². The van der Waals surface area contributed by atoms with Gasteiger partial charge in [-0.05, 0) is 12.5 Å². The molecule has 0 spiro atoms. The molecule has 2 aromatic heterocycles. The standard InChI is InChI=1S/C15H17N5O2/c1-7-3-4-9(21)8(2)12(7)20-13(16)10(14(17)22)11-15(20)19-6-5-18-11/h3-6,8-9,21H,16H2,1-2H3,(H2,17,22). The zero-order valence-electron chi connectivity index (χ0n) is 12.3. The molecular weight excluding hydrogens is 282 g/mol. The molecular formula is C15H17N5O2. The van der Waals surface area contributed by atoms with E-state index in [0.29, 0.717) is 11.2 Å². The van der Waals surface area contributed by atoms with E-state index in [4.69, 9.17) is 11.5 Å². The van der Waals surface area contributed by atoms with Gasteiger partial charge in [0, 0.05) is 24.0 Å². The van der Waals surface area contributed by atoms with Crippen LogP contribution in [0.4, 0.5) is 5.82 Å². The highest BCUT2D eigenvalue weighted by atomic mass is 16.3. The first-order valence-corrected chi connectivity index (χ1v) is 6.91. The van der Waals surface area contributed by atoms with Crippen LogP contribution in [-0.4, -0.2) is 31.7 Å². The molecule has 2 aromatic rings. The third kappa shape index (κ3) is 1.90. The Bertz CT molecular complexity index is 834. The van der Waals surface area contributed by atoms with Gasteiger partial charge in [-0.2, -0.15) is 0 Å². The van der Waals surface area contributed by atoms with Gasteiger partial charge >= 0.3 is 0 Å². The summed E-state index contributed by atoms with van der Waals surface area (Å²) >= 11 is 0. The Morgan fingerprint density at radius 1 is 1.36 bits per heavy atom. The lowest BCUT2D eigenvalue weighted by atomic mass is 9.91. The van der Waals surface area contributed by atoms with Gasteiger partial charge in [0.25, 0.3) is 5.91 Å². The van der Waals surface area contributed by atoms with Crippen LogP contribution in [0.15, 0.2) is 30.1 Å². The molecule has 5 N–H and O–H groups in total. The first-order chi connectivity index (χ1) is 10.4. The number of hydrogen-bond acceptors (Lipinski definition) is 5. The Hall–Kier alpha value is -2.67. The number of aliphatic hydroxyl groups excluding tert-OH is 1. The second kappa shape index (κ2) is 4.96. The van der Waals surface area contributed by atoms with Crippen molar-refractivity contribution < 1.29 is 9.90 Å². The maximum absolute atomic E-state index is 11.7. The van der Waals surface area contributed by atoms with Crippen LogP contribution in [0.5, 0.6) is 0 Å². The van der Waals surface area contributed by atoms with E-state index < -0.39 is 12.0 Å². The summed E-state index contributed by atoms with van der Waals surface area (Å²) in [5, 5.41) is 10.1. The highest BCUT2D eigenvalue weighted by molar-refractivity contribution is 6.09. The number of nitrogens with two attached hydrogens (primary N) is 2. The molecule has 2 heterocycles. The van der Waals surface area contributed by atoms with Crippen LogP contribution in [0.3, 0.4) is 0 Å². The lowest BCUT2D eigenvalue weighted by Gasteiger charge is -2.27. The van der Waals surface area contributed by atoms with E-state index in [2.05, 4.69) is 9.97 Å². The van der Waals surface area contributed by atoms with Gasteiger partial charge in [-0.25, -0.2) is 4.98 Å². The predicted octanol–water partition coefficient (Wildman–Crippen LogP) is 0.910. The SMILES string of the molecule is CC1=C(n2c(N)c(C(N)=O)c3nccnc32)C(C)C(O)C=C1. The third-order valence-corrected chi connectivity index (χ3v) is 4.00. The minimum atomic E-state index is -0.653. The van der Waals surface area contributed by atoms with E-state index >= 15 is 0 Å². The average Bonchev–Trinajstić information content (AvgIpc) is 2.76. The predicted molar refractivity (Wildman–Crippen MR) is 83.7 cm³/mol. The summed E-state index contributed by atoms with van der Waals surface area (Å²) in [6, 6.07) is 0. The van der Waals surface area contributed by atoms with Gasteiger partial charge in [0.05, 0.1) is 6.10 Å². The maximum atomic E-state index is 11.7. The molecule has 0 saturated carbocycles. The molecule has 0 bridgehead atoms. The van der Waals surface area contributed by atoms with Crippen LogP contribution < -0.4 is 11.5 Å². The van der Waals surface area contributed by atoms with Gasteiger partial charge in [0.15, 0.2) is 5.65 Å². The Morgan fingerprint density at radius 2 is 2.05 bits per heavy atom. The second-order valence-electron chi connectivity index (χ2n) is 5.40. The zero-order valence-corrected chi connectivity index (χ0v) is 12.3. The fourth-order valence-electron chi connectivity index (χ4n) is 2.90. The van der Waals surface area contributed by atoms with Crippen molar-refractivity contribution in [2.24, 2.45) is 11.7 Å². The number of carbonyl (C=O) groups excluding carboxylic acids is 1. The van der Waals surface area contributed by atoms with Gasteiger partial charge in [0.2, 0.25) is 0 Å². The van der Waals surface area contributed by atoms with Crippen molar-refractivity contribution in [3.05, 3.63) is 35.7 Å². The molecule has 22 heavy (non-hydrogen) atoms. The van der Waals surface area contributed by atoms with Crippen molar-refractivity contribution in [3.8, 4) is 0 Å². The van der Waals surface area contributed by atoms with Crippen molar-refractivity contribution in [2.75, 3.05) is 5.73 Å². The summed E-state index contributed by atoms with van der Waals surface area (Å²) in [7, 11) is 0. The molecule has 0 aromatic carbocycles. The molecule has 0 radical (unpaired) electrons. The lowest BCUT2D eigenvalue weighted by Crippen LogP contribution is -2.24. The number of aromatic nitrogens is 3. The zero-order chi connectivity index (χ0) is 16.0. The fourth-order valence-corrected chi connectivity index (χ4v) is 2.90. The summed E-state index contributed by atoms with van der Waals surface area (Å²) in [6.07, 6.45) is 5.93. The van der Waals surface area contributed by atoms with Crippen LogP contribution in [0.2, 0.25) is 0 Å². The number of primary amides is 1. The first-order valence-electron chi connectivity index (χ1n) is 6.91. The van der Waals surface area contributed by atoms with E-state index in [1.807, 2.05) is 19.9 Å². The number of carbonyl (C=O) groups is 1. The first kappa shape index (κ1) is 14.3. The number of amides is 1. The molecule has 0 saturated heterocycles. The maximum Gasteiger partial charge on any atom is 0.254 e. The summed E-state index contributed by atoms with van der Waals surface area (Å²) in [5.41, 5.74) is 14.3. The summed E-state index contributed by atoms with van der Waals surface area (Å²) in [6.45, 7) is 3.80. The molecule has 1 aliphatic carbocycles. The van der Waals surface area contributed by atoms with E-state index in [-0.39, 0.29) is 17.3 Å². The van der Waals surface area contributed by atoms with Crippen molar-refractivity contribution in [3.63, 3.8) is 0 Å². The van der Waals surface area contributed by atoms with Gasteiger partial charge in [0.1, 0.15) is 16.9 Å². The van der Waals surface area contributed by atoms with Gasteiger partial charge in [-0.3, -0.25) is 14.3 Å². The van der Waals surface area contributed by atoms with Gasteiger partial charge in [-0.15, -0.1) is 0 Å². The van der Waals surface area contributed by atoms with Crippen molar-refractivity contribution in [1.82, 2.24) is 14.5 Å². The van der Waals surface area contributed by atoms with Gasteiger partial charge < -0.3 is 16.6 Å². The number of aliphatic hydroxyl groups is 1. The van der Waals surface area contributed by atoms with E-state index in [0.717, 1.165) is 11.3 Å². The summed E-state index contributed by atoms with van der Waals surface area (Å²) in [5.74, 6) is -0.664. The number of anilines is 1. The molecule has 3 rings (SSSR count). The average molecular weight is 299 g/mol. The molecule has 7 nitrogen and oxygen atoms in total. The molecule has 1 aliphatic rings. The molecule has 0 aliphatic heterocycles. The normalized spacial score (nSPS) is 21.6. The highest BCUT2D eigenvalue weighted by Crippen LogP contribution is 2.36. The Labute approximate surface area is 127 Å². The summed E-state index contributed by atoms with van der Waals surface area (Å²) in [4.78, 5) is 20.2. The van der Waals surface area contributed by atoms with Crippen LogP contribution in [-0.2, 0) is 0 Å². The number of nitrogens with zero attached hydrogens (tertiary/aromatic N) is 3. The Balaban J connectivity index is 2.39. The number of rotatable bonds is 2. The largest absolute Gasteiger partial charge is 0.388 e. The van der Waals surface area contributed by atoms with E-state index in [9.17, 15) is 9.90 Å². The van der Waals surface area contributed by atoms with Crippen LogP contribution in [0.25, 0.3) is 16.9 Å². The van der Waals surface area contributed by atoms with Gasteiger partial charge in [-0.1, -0.05) is 19.1 Å². The van der Waals surface area contributed by atoms with Crippen LogP contribution in [0, 0.1) is 5.92 Å². The molecule has 114 valence electrons. The smallest absolute Gasteiger partial charge is 0.254 e. The van der Waals surface area contributed by atoms with Crippen molar-refractivity contribution >= 4 is 28.6 Å². The lowest BCUT2D eigenvalue weighted by molar-refractivity contribution is 0.100.